The van der Waals surface area contributed by atoms with Crippen molar-refractivity contribution < 1.29 is 4.74 Å². The highest BCUT2D eigenvalue weighted by molar-refractivity contribution is 14.0. The van der Waals surface area contributed by atoms with Gasteiger partial charge in [-0.1, -0.05) is 12.5 Å². The predicted molar refractivity (Wildman–Crippen MR) is 98.9 cm³/mol. The normalized spacial score (nSPS) is 19.5. The molecule has 0 amide bonds. The highest BCUT2D eigenvalue weighted by atomic mass is 127. The second-order valence-electron chi connectivity index (χ2n) is 6.13. The Labute approximate surface area is 149 Å². The zero-order valence-electron chi connectivity index (χ0n) is 13.3. The summed E-state index contributed by atoms with van der Waals surface area (Å²) >= 11 is 0. The number of nitrogens with zero attached hydrogens (tertiary/aromatic N) is 3. The van der Waals surface area contributed by atoms with Crippen LogP contribution in [-0.4, -0.2) is 43.1 Å². The fourth-order valence-corrected chi connectivity index (χ4v) is 3.35. The fraction of sp³-hybridized carbons (Fsp3) is 0.625. The summed E-state index contributed by atoms with van der Waals surface area (Å²) in [5.74, 6) is 1.66. The molecule has 2 aliphatic rings. The van der Waals surface area contributed by atoms with Gasteiger partial charge >= 0.3 is 0 Å². The van der Waals surface area contributed by atoms with Crippen LogP contribution >= 0.6 is 24.0 Å². The Morgan fingerprint density at radius 1 is 1.41 bits per heavy atom. The molecule has 3 rings (SSSR count). The Morgan fingerprint density at radius 2 is 2.23 bits per heavy atom. The van der Waals surface area contributed by atoms with E-state index in [2.05, 4.69) is 20.2 Å². The van der Waals surface area contributed by atoms with Crippen molar-refractivity contribution >= 4 is 29.9 Å². The first-order valence-electron chi connectivity index (χ1n) is 7.69. The SMILES string of the molecule is CN=C(NCc1ccc(OC)nc1)N1CCC2(CCC2)C1.I. The highest BCUT2D eigenvalue weighted by Gasteiger charge is 2.43. The van der Waals surface area contributed by atoms with E-state index >= 15 is 0 Å². The molecule has 1 saturated heterocycles. The minimum atomic E-state index is 0. The van der Waals surface area contributed by atoms with Crippen molar-refractivity contribution in [2.45, 2.75) is 32.2 Å². The van der Waals surface area contributed by atoms with Crippen LogP contribution in [0.1, 0.15) is 31.2 Å². The summed E-state index contributed by atoms with van der Waals surface area (Å²) in [7, 11) is 3.49. The number of nitrogens with one attached hydrogen (secondary N) is 1. The molecule has 1 aromatic heterocycles. The molecular weight excluding hydrogens is 391 g/mol. The average Bonchev–Trinajstić information content (AvgIpc) is 2.94. The van der Waals surface area contributed by atoms with E-state index in [4.69, 9.17) is 4.74 Å². The van der Waals surface area contributed by atoms with E-state index < -0.39 is 0 Å². The third kappa shape index (κ3) is 3.64. The molecule has 0 aromatic carbocycles. The second-order valence-corrected chi connectivity index (χ2v) is 6.13. The monoisotopic (exact) mass is 416 g/mol. The number of ether oxygens (including phenoxy) is 1. The van der Waals surface area contributed by atoms with Gasteiger partial charge in [0, 0.05) is 38.9 Å². The number of rotatable bonds is 3. The van der Waals surface area contributed by atoms with E-state index in [1.165, 1.54) is 25.7 Å². The van der Waals surface area contributed by atoms with Gasteiger partial charge in [-0.2, -0.15) is 0 Å². The van der Waals surface area contributed by atoms with E-state index in [-0.39, 0.29) is 24.0 Å². The number of halogens is 1. The second kappa shape index (κ2) is 7.48. The van der Waals surface area contributed by atoms with Crippen LogP contribution < -0.4 is 10.1 Å². The van der Waals surface area contributed by atoms with Gasteiger partial charge in [-0.15, -0.1) is 24.0 Å². The lowest BCUT2D eigenvalue weighted by molar-refractivity contribution is 0.151. The minimum absolute atomic E-state index is 0. The molecule has 2 heterocycles. The number of pyridine rings is 1. The van der Waals surface area contributed by atoms with Gasteiger partial charge < -0.3 is 15.0 Å². The summed E-state index contributed by atoms with van der Waals surface area (Å²) < 4.78 is 5.08. The molecule has 1 aliphatic heterocycles. The Balaban J connectivity index is 0.00000176. The molecule has 0 radical (unpaired) electrons. The summed E-state index contributed by atoms with van der Waals surface area (Å²) in [5.41, 5.74) is 1.73. The number of likely N-dealkylation sites (tertiary alicyclic amines) is 1. The standard InChI is InChI=1S/C16H24N4O.HI/c1-17-15(20-9-8-16(12-20)6-3-7-16)19-11-13-4-5-14(21-2)18-10-13;/h4-5,10H,3,6-9,11-12H2,1-2H3,(H,17,19);1H. The van der Waals surface area contributed by atoms with Gasteiger partial charge in [-0.05, 0) is 30.2 Å². The molecule has 1 saturated carbocycles. The predicted octanol–water partition coefficient (Wildman–Crippen LogP) is 2.66. The molecule has 122 valence electrons. The maximum atomic E-state index is 5.08. The maximum absolute atomic E-state index is 5.08. The molecule has 2 fully saturated rings. The van der Waals surface area contributed by atoms with Gasteiger partial charge in [-0.3, -0.25) is 4.99 Å². The zero-order valence-corrected chi connectivity index (χ0v) is 15.7. The Kier molecular flexibility index (Phi) is 5.88. The third-order valence-electron chi connectivity index (χ3n) is 4.82. The third-order valence-corrected chi connectivity index (χ3v) is 4.82. The van der Waals surface area contributed by atoms with Crippen LogP contribution in [-0.2, 0) is 6.54 Å². The van der Waals surface area contributed by atoms with Crippen molar-refractivity contribution in [3.63, 3.8) is 0 Å². The Bertz CT molecular complexity index is 513. The van der Waals surface area contributed by atoms with E-state index in [1.54, 1.807) is 7.11 Å². The van der Waals surface area contributed by atoms with Crippen molar-refractivity contribution in [3.05, 3.63) is 23.9 Å². The van der Waals surface area contributed by atoms with E-state index in [0.29, 0.717) is 11.3 Å². The first-order valence-corrected chi connectivity index (χ1v) is 7.69. The topological polar surface area (TPSA) is 49.8 Å². The maximum Gasteiger partial charge on any atom is 0.212 e. The molecule has 1 aliphatic carbocycles. The molecule has 0 atom stereocenters. The van der Waals surface area contributed by atoms with Crippen LogP contribution in [0.5, 0.6) is 5.88 Å². The summed E-state index contributed by atoms with van der Waals surface area (Å²) in [6.07, 6.45) is 7.34. The molecular formula is C16H25IN4O. The molecule has 1 N–H and O–H groups in total. The quantitative estimate of drug-likeness (QED) is 0.468. The van der Waals surface area contributed by atoms with E-state index in [0.717, 1.165) is 31.2 Å². The van der Waals surface area contributed by atoms with Crippen LogP contribution in [0.25, 0.3) is 0 Å². The molecule has 22 heavy (non-hydrogen) atoms. The number of aromatic nitrogens is 1. The summed E-state index contributed by atoms with van der Waals surface area (Å²) in [5, 5.41) is 3.45. The lowest BCUT2D eigenvalue weighted by Crippen LogP contribution is -2.42. The van der Waals surface area contributed by atoms with Gasteiger partial charge in [0.2, 0.25) is 5.88 Å². The van der Waals surface area contributed by atoms with Crippen LogP contribution in [0.15, 0.2) is 23.3 Å². The first-order chi connectivity index (χ1) is 10.2. The zero-order chi connectivity index (χ0) is 14.7. The molecule has 1 aromatic rings. The van der Waals surface area contributed by atoms with E-state index in [1.807, 2.05) is 25.4 Å². The molecule has 0 unspecified atom stereocenters. The lowest BCUT2D eigenvalue weighted by Gasteiger charge is -2.38. The Hall–Kier alpha value is -1.05. The number of aliphatic imine (C=N–C) groups is 1. The van der Waals surface area contributed by atoms with Crippen molar-refractivity contribution in [1.29, 1.82) is 0 Å². The molecule has 6 heteroatoms. The average molecular weight is 416 g/mol. The van der Waals surface area contributed by atoms with Gasteiger partial charge in [0.1, 0.15) is 0 Å². The van der Waals surface area contributed by atoms with Gasteiger partial charge in [0.25, 0.3) is 0 Å². The lowest BCUT2D eigenvalue weighted by atomic mass is 9.68. The summed E-state index contributed by atoms with van der Waals surface area (Å²) in [6.45, 7) is 3.03. The number of hydrogen-bond donors (Lipinski definition) is 1. The minimum Gasteiger partial charge on any atom is -0.481 e. The Morgan fingerprint density at radius 3 is 2.73 bits per heavy atom. The van der Waals surface area contributed by atoms with Gasteiger partial charge in [0.15, 0.2) is 5.96 Å². The highest BCUT2D eigenvalue weighted by Crippen LogP contribution is 2.47. The van der Waals surface area contributed by atoms with Crippen molar-refractivity contribution in [2.24, 2.45) is 10.4 Å². The van der Waals surface area contributed by atoms with Crippen LogP contribution in [0.2, 0.25) is 0 Å². The fourth-order valence-electron chi connectivity index (χ4n) is 3.35. The molecule has 1 spiro atoms. The van der Waals surface area contributed by atoms with Crippen LogP contribution in [0, 0.1) is 5.41 Å². The van der Waals surface area contributed by atoms with Crippen molar-refractivity contribution in [2.75, 3.05) is 27.2 Å². The summed E-state index contributed by atoms with van der Waals surface area (Å²) in [4.78, 5) is 11.1. The van der Waals surface area contributed by atoms with Crippen molar-refractivity contribution in [1.82, 2.24) is 15.2 Å². The van der Waals surface area contributed by atoms with E-state index in [9.17, 15) is 0 Å². The van der Waals surface area contributed by atoms with Crippen LogP contribution in [0.3, 0.4) is 0 Å². The first kappa shape index (κ1) is 17.3. The smallest absolute Gasteiger partial charge is 0.212 e. The van der Waals surface area contributed by atoms with Gasteiger partial charge in [-0.25, -0.2) is 4.98 Å². The van der Waals surface area contributed by atoms with Crippen LogP contribution in [0.4, 0.5) is 0 Å². The number of guanidine groups is 1. The van der Waals surface area contributed by atoms with Gasteiger partial charge in [0.05, 0.1) is 7.11 Å². The molecule has 0 bridgehead atoms. The summed E-state index contributed by atoms with van der Waals surface area (Å²) in [6, 6.07) is 3.92. The largest absolute Gasteiger partial charge is 0.481 e. The molecule has 5 nitrogen and oxygen atoms in total. The number of methoxy groups -OCH3 is 1. The number of hydrogen-bond acceptors (Lipinski definition) is 3. The van der Waals surface area contributed by atoms with Crippen molar-refractivity contribution in [3.8, 4) is 5.88 Å².